The number of piperazine rings is 1. The van der Waals surface area contributed by atoms with Crippen molar-refractivity contribution in [2.45, 2.75) is 32.1 Å². The zero-order valence-corrected chi connectivity index (χ0v) is 15.5. The van der Waals surface area contributed by atoms with Gasteiger partial charge in [0.1, 0.15) is 6.54 Å². The van der Waals surface area contributed by atoms with Gasteiger partial charge in [-0.3, -0.25) is 14.1 Å². The summed E-state index contributed by atoms with van der Waals surface area (Å²) in [4.78, 5) is 16.6. The molecule has 2 aromatic heterocycles. The number of alkyl halides is 3. The molecule has 1 N–H and O–H groups in total. The predicted molar refractivity (Wildman–Crippen MR) is 93.5 cm³/mol. The minimum absolute atomic E-state index is 0.0211. The van der Waals surface area contributed by atoms with Gasteiger partial charge in [-0.2, -0.15) is 13.2 Å². The fourth-order valence-electron chi connectivity index (χ4n) is 3.33. The second-order valence-electron chi connectivity index (χ2n) is 7.11. The Kier molecular flexibility index (Phi) is 5.38. The van der Waals surface area contributed by atoms with Gasteiger partial charge in [-0.05, 0) is 33.0 Å². The minimum Gasteiger partial charge on any atom is -0.343 e. The standard InChI is InChI=1S/C17H23F3N6O/c1-11(2)25-7-6-24(3)9-13(25)15-23-22-14-5-4-12(8-26(14)15)16(27)21-10-17(18,19)20/h4-5,8,11,13H,6-7,9-10H2,1-3H3,(H,21,27)/t13-/m0/s1. The van der Waals surface area contributed by atoms with Crippen LogP contribution >= 0.6 is 0 Å². The third kappa shape index (κ3) is 4.38. The number of halogens is 3. The Morgan fingerprint density at radius 2 is 2.04 bits per heavy atom. The molecule has 1 amide bonds. The third-order valence-corrected chi connectivity index (χ3v) is 4.73. The molecule has 1 aliphatic heterocycles. The molecule has 0 bridgehead atoms. The Bertz CT molecular complexity index is 819. The minimum atomic E-state index is -4.45. The van der Waals surface area contributed by atoms with Crippen LogP contribution in [0, 0.1) is 0 Å². The van der Waals surface area contributed by atoms with Gasteiger partial charge in [0.15, 0.2) is 11.5 Å². The molecule has 0 spiro atoms. The average molecular weight is 384 g/mol. The number of amides is 1. The highest BCUT2D eigenvalue weighted by Gasteiger charge is 2.32. The van der Waals surface area contributed by atoms with Crippen LogP contribution in [0.25, 0.3) is 5.65 Å². The number of hydrogen-bond acceptors (Lipinski definition) is 5. The van der Waals surface area contributed by atoms with E-state index in [1.54, 1.807) is 10.5 Å². The maximum atomic E-state index is 12.3. The SMILES string of the molecule is CC(C)N1CCN(C)C[C@H]1c1nnc2ccc(C(=O)NCC(F)(F)F)cn12. The lowest BCUT2D eigenvalue weighted by atomic mass is 10.1. The zero-order valence-electron chi connectivity index (χ0n) is 15.5. The number of nitrogens with zero attached hydrogens (tertiary/aromatic N) is 5. The second kappa shape index (κ2) is 7.43. The van der Waals surface area contributed by atoms with Crippen LogP contribution in [0.1, 0.15) is 36.1 Å². The summed E-state index contributed by atoms with van der Waals surface area (Å²) < 4.78 is 38.7. The van der Waals surface area contributed by atoms with Crippen molar-refractivity contribution >= 4 is 11.6 Å². The van der Waals surface area contributed by atoms with E-state index in [1.807, 2.05) is 12.4 Å². The number of carbonyl (C=O) groups is 1. The molecule has 1 fully saturated rings. The highest BCUT2D eigenvalue weighted by atomic mass is 19.4. The molecule has 1 aliphatic rings. The Morgan fingerprint density at radius 3 is 2.70 bits per heavy atom. The van der Waals surface area contributed by atoms with E-state index in [0.29, 0.717) is 17.5 Å². The quantitative estimate of drug-likeness (QED) is 0.870. The number of aromatic nitrogens is 3. The molecule has 1 atom stereocenters. The number of likely N-dealkylation sites (N-methyl/N-ethyl adjacent to an activating group) is 1. The molecule has 0 aromatic carbocycles. The first-order valence-corrected chi connectivity index (χ1v) is 8.79. The molecule has 10 heteroatoms. The molecule has 148 valence electrons. The highest BCUT2D eigenvalue weighted by Crippen LogP contribution is 2.26. The lowest BCUT2D eigenvalue weighted by Crippen LogP contribution is -2.50. The maximum absolute atomic E-state index is 12.3. The van der Waals surface area contributed by atoms with Crippen LogP contribution in [0.15, 0.2) is 18.3 Å². The van der Waals surface area contributed by atoms with E-state index in [9.17, 15) is 18.0 Å². The number of rotatable bonds is 4. The summed E-state index contributed by atoms with van der Waals surface area (Å²) >= 11 is 0. The normalized spacial score (nSPS) is 19.7. The smallest absolute Gasteiger partial charge is 0.343 e. The molecular formula is C17H23F3N6O. The fraction of sp³-hybridized carbons (Fsp3) is 0.588. The van der Waals surface area contributed by atoms with Crippen molar-refractivity contribution in [2.24, 2.45) is 0 Å². The predicted octanol–water partition coefficient (Wildman–Crippen LogP) is 1.72. The van der Waals surface area contributed by atoms with Gasteiger partial charge in [-0.15, -0.1) is 10.2 Å². The van der Waals surface area contributed by atoms with Crippen LogP contribution in [0.5, 0.6) is 0 Å². The van der Waals surface area contributed by atoms with Gasteiger partial charge in [0.05, 0.1) is 11.6 Å². The first kappa shape index (κ1) is 19.6. The van der Waals surface area contributed by atoms with E-state index in [2.05, 4.69) is 33.8 Å². The molecule has 27 heavy (non-hydrogen) atoms. The van der Waals surface area contributed by atoms with Gasteiger partial charge in [0.25, 0.3) is 5.91 Å². The van der Waals surface area contributed by atoms with E-state index in [-0.39, 0.29) is 11.6 Å². The van der Waals surface area contributed by atoms with Crippen molar-refractivity contribution in [2.75, 3.05) is 33.2 Å². The lowest BCUT2D eigenvalue weighted by Gasteiger charge is -2.41. The van der Waals surface area contributed by atoms with Crippen LogP contribution in [0.2, 0.25) is 0 Å². The number of carbonyl (C=O) groups excluding carboxylic acids is 1. The first-order valence-electron chi connectivity index (χ1n) is 8.79. The summed E-state index contributed by atoms with van der Waals surface area (Å²) in [6, 6.07) is 3.32. The van der Waals surface area contributed by atoms with Crippen molar-refractivity contribution in [3.63, 3.8) is 0 Å². The molecule has 3 heterocycles. The van der Waals surface area contributed by atoms with Crippen molar-refractivity contribution in [3.05, 3.63) is 29.7 Å². The van der Waals surface area contributed by atoms with E-state index in [1.165, 1.54) is 12.3 Å². The fourth-order valence-corrected chi connectivity index (χ4v) is 3.33. The van der Waals surface area contributed by atoms with Crippen molar-refractivity contribution in [3.8, 4) is 0 Å². The summed E-state index contributed by atoms with van der Waals surface area (Å²) in [7, 11) is 2.03. The topological polar surface area (TPSA) is 65.8 Å². The zero-order chi connectivity index (χ0) is 19.8. The Labute approximate surface area is 155 Å². The Balaban J connectivity index is 1.91. The van der Waals surface area contributed by atoms with E-state index < -0.39 is 18.6 Å². The molecule has 3 rings (SSSR count). The van der Waals surface area contributed by atoms with Gasteiger partial charge in [-0.25, -0.2) is 0 Å². The van der Waals surface area contributed by atoms with Gasteiger partial charge < -0.3 is 10.2 Å². The first-order chi connectivity index (χ1) is 12.7. The van der Waals surface area contributed by atoms with Gasteiger partial charge in [0.2, 0.25) is 0 Å². The van der Waals surface area contributed by atoms with E-state index in [0.717, 1.165) is 19.6 Å². The van der Waals surface area contributed by atoms with Crippen molar-refractivity contribution < 1.29 is 18.0 Å². The summed E-state index contributed by atoms with van der Waals surface area (Å²) in [5.41, 5.74) is 0.683. The third-order valence-electron chi connectivity index (χ3n) is 4.73. The highest BCUT2D eigenvalue weighted by molar-refractivity contribution is 5.94. The maximum Gasteiger partial charge on any atom is 0.405 e. The van der Waals surface area contributed by atoms with Crippen LogP contribution in [0.3, 0.4) is 0 Å². The van der Waals surface area contributed by atoms with Gasteiger partial charge >= 0.3 is 6.18 Å². The number of hydrogen-bond donors (Lipinski definition) is 1. The average Bonchev–Trinajstić information content (AvgIpc) is 3.01. The summed E-state index contributed by atoms with van der Waals surface area (Å²) in [5.74, 6) is -0.105. The van der Waals surface area contributed by atoms with Crippen molar-refractivity contribution in [1.82, 2.24) is 29.7 Å². The molecular weight excluding hydrogens is 361 g/mol. The Hall–Kier alpha value is -2.20. The van der Waals surface area contributed by atoms with E-state index in [4.69, 9.17) is 0 Å². The monoisotopic (exact) mass is 384 g/mol. The molecule has 0 unspecified atom stereocenters. The number of pyridine rings is 1. The van der Waals surface area contributed by atoms with Gasteiger partial charge in [-0.1, -0.05) is 0 Å². The van der Waals surface area contributed by atoms with Crippen LogP contribution < -0.4 is 5.32 Å². The molecule has 7 nitrogen and oxygen atoms in total. The summed E-state index contributed by atoms with van der Waals surface area (Å²) in [5, 5.41) is 10.4. The van der Waals surface area contributed by atoms with E-state index >= 15 is 0 Å². The second-order valence-corrected chi connectivity index (χ2v) is 7.11. The summed E-state index contributed by atoms with van der Waals surface area (Å²) in [6.07, 6.45) is -2.95. The molecule has 0 aliphatic carbocycles. The van der Waals surface area contributed by atoms with Gasteiger partial charge in [0, 0.05) is 31.9 Å². The van der Waals surface area contributed by atoms with Crippen molar-refractivity contribution in [1.29, 1.82) is 0 Å². The summed E-state index contributed by atoms with van der Waals surface area (Å²) in [6.45, 7) is 5.42. The lowest BCUT2D eigenvalue weighted by molar-refractivity contribution is -0.123. The molecule has 1 saturated heterocycles. The largest absolute Gasteiger partial charge is 0.405 e. The van der Waals surface area contributed by atoms with Crippen LogP contribution in [-0.4, -0.2) is 75.7 Å². The van der Waals surface area contributed by atoms with Crippen LogP contribution in [0.4, 0.5) is 13.2 Å². The number of nitrogens with one attached hydrogen (secondary N) is 1. The number of fused-ring (bicyclic) bond motifs is 1. The Morgan fingerprint density at radius 1 is 1.30 bits per heavy atom. The molecule has 0 radical (unpaired) electrons. The molecule has 2 aromatic rings. The molecule has 0 saturated carbocycles. The van der Waals surface area contributed by atoms with Crippen LogP contribution in [-0.2, 0) is 0 Å².